The van der Waals surface area contributed by atoms with Crippen molar-refractivity contribution >= 4 is 5.91 Å². The first kappa shape index (κ1) is 13.0. The first-order valence-corrected chi connectivity index (χ1v) is 6.84. The number of hydrogen-bond acceptors (Lipinski definition) is 4. The Morgan fingerprint density at radius 3 is 2.94 bits per heavy atom. The lowest BCUT2D eigenvalue weighted by molar-refractivity contribution is -0.121. The molecule has 1 heterocycles. The van der Waals surface area contributed by atoms with Crippen LogP contribution in [0.4, 0.5) is 0 Å². The van der Waals surface area contributed by atoms with Crippen molar-refractivity contribution < 1.29 is 4.79 Å². The van der Waals surface area contributed by atoms with Crippen molar-refractivity contribution in [1.29, 1.82) is 0 Å². The second kappa shape index (κ2) is 6.47. The van der Waals surface area contributed by atoms with Gasteiger partial charge in [-0.2, -0.15) is 0 Å². The Labute approximate surface area is 107 Å². The third-order valence-corrected chi connectivity index (χ3v) is 3.43. The number of carbonyl (C=O) groups excluding carboxylic acids is 1. The van der Waals surface area contributed by atoms with Crippen LogP contribution in [0.2, 0.25) is 0 Å². The van der Waals surface area contributed by atoms with Crippen molar-refractivity contribution in [2.24, 2.45) is 0 Å². The first-order valence-electron chi connectivity index (χ1n) is 6.84. The molecular formula is C12H21N5O. The molecule has 6 nitrogen and oxygen atoms in total. The minimum absolute atomic E-state index is 0.0813. The van der Waals surface area contributed by atoms with Gasteiger partial charge >= 0.3 is 0 Å². The van der Waals surface area contributed by atoms with E-state index in [1.807, 2.05) is 4.68 Å². The third-order valence-electron chi connectivity index (χ3n) is 3.43. The standard InChI is InChI=1S/C12H21N5O/c1-2-3-8-12(18)13-9-11-14-15-16-17(11)10-6-4-5-7-10/h10H,2-9H2,1H3,(H,13,18). The largest absolute Gasteiger partial charge is 0.349 e. The summed E-state index contributed by atoms with van der Waals surface area (Å²) >= 11 is 0. The molecule has 6 heteroatoms. The molecule has 1 aromatic rings. The fraction of sp³-hybridized carbons (Fsp3) is 0.833. The van der Waals surface area contributed by atoms with E-state index in [4.69, 9.17) is 0 Å². The number of tetrazole rings is 1. The van der Waals surface area contributed by atoms with Crippen molar-refractivity contribution in [2.75, 3.05) is 0 Å². The highest BCUT2D eigenvalue weighted by Crippen LogP contribution is 2.28. The van der Waals surface area contributed by atoms with Gasteiger partial charge in [-0.1, -0.05) is 26.2 Å². The summed E-state index contributed by atoms with van der Waals surface area (Å²) in [5.41, 5.74) is 0. The van der Waals surface area contributed by atoms with Crippen LogP contribution in [-0.2, 0) is 11.3 Å². The zero-order valence-electron chi connectivity index (χ0n) is 10.9. The van der Waals surface area contributed by atoms with E-state index in [9.17, 15) is 4.79 Å². The van der Waals surface area contributed by atoms with E-state index < -0.39 is 0 Å². The van der Waals surface area contributed by atoms with Crippen molar-refractivity contribution in [3.8, 4) is 0 Å². The molecule has 2 rings (SSSR count). The topological polar surface area (TPSA) is 72.7 Å². The van der Waals surface area contributed by atoms with Crippen LogP contribution in [0.5, 0.6) is 0 Å². The molecule has 18 heavy (non-hydrogen) atoms. The second-order valence-corrected chi connectivity index (χ2v) is 4.86. The van der Waals surface area contributed by atoms with E-state index in [2.05, 4.69) is 27.8 Å². The Morgan fingerprint density at radius 2 is 2.22 bits per heavy atom. The van der Waals surface area contributed by atoms with Gasteiger partial charge in [0.2, 0.25) is 5.91 Å². The normalized spacial score (nSPS) is 16.1. The number of nitrogens with zero attached hydrogens (tertiary/aromatic N) is 4. The number of hydrogen-bond donors (Lipinski definition) is 1. The van der Waals surface area contributed by atoms with E-state index >= 15 is 0 Å². The van der Waals surface area contributed by atoms with Gasteiger partial charge < -0.3 is 5.32 Å². The zero-order chi connectivity index (χ0) is 12.8. The van der Waals surface area contributed by atoms with E-state index in [-0.39, 0.29) is 5.91 Å². The average Bonchev–Trinajstić information content (AvgIpc) is 3.03. The number of carbonyl (C=O) groups is 1. The van der Waals surface area contributed by atoms with Gasteiger partial charge in [-0.15, -0.1) is 5.10 Å². The SMILES string of the molecule is CCCCC(=O)NCc1nnnn1C1CCCC1. The van der Waals surface area contributed by atoms with Gasteiger partial charge in [0.1, 0.15) is 0 Å². The van der Waals surface area contributed by atoms with Gasteiger partial charge in [0.05, 0.1) is 12.6 Å². The number of nitrogens with one attached hydrogen (secondary N) is 1. The summed E-state index contributed by atoms with van der Waals surface area (Å²) in [6.45, 7) is 2.51. The van der Waals surface area contributed by atoms with Gasteiger partial charge in [0, 0.05) is 6.42 Å². The zero-order valence-corrected chi connectivity index (χ0v) is 10.9. The van der Waals surface area contributed by atoms with Crippen LogP contribution < -0.4 is 5.32 Å². The van der Waals surface area contributed by atoms with Crippen LogP contribution in [0.3, 0.4) is 0 Å². The third kappa shape index (κ3) is 3.27. The van der Waals surface area contributed by atoms with Crippen molar-refractivity contribution in [3.63, 3.8) is 0 Å². The van der Waals surface area contributed by atoms with E-state index in [0.29, 0.717) is 19.0 Å². The van der Waals surface area contributed by atoms with Crippen molar-refractivity contribution in [1.82, 2.24) is 25.5 Å². The fourth-order valence-electron chi connectivity index (χ4n) is 2.36. The summed E-state index contributed by atoms with van der Waals surface area (Å²) in [6, 6.07) is 0.419. The Balaban J connectivity index is 1.85. The van der Waals surface area contributed by atoms with Crippen molar-refractivity contribution in [3.05, 3.63) is 5.82 Å². The number of aromatic nitrogens is 4. The molecule has 0 radical (unpaired) electrons. The van der Waals surface area contributed by atoms with E-state index in [0.717, 1.165) is 31.5 Å². The maximum Gasteiger partial charge on any atom is 0.220 e. The van der Waals surface area contributed by atoms with Crippen LogP contribution >= 0.6 is 0 Å². The van der Waals surface area contributed by atoms with Crippen LogP contribution in [0.1, 0.15) is 63.7 Å². The average molecular weight is 251 g/mol. The summed E-state index contributed by atoms with van der Waals surface area (Å²) < 4.78 is 1.88. The summed E-state index contributed by atoms with van der Waals surface area (Å²) in [5.74, 6) is 0.851. The van der Waals surface area contributed by atoms with Crippen LogP contribution in [0.25, 0.3) is 0 Å². The molecule has 1 fully saturated rings. The first-order chi connectivity index (χ1) is 8.81. The molecule has 0 bridgehead atoms. The summed E-state index contributed by atoms with van der Waals surface area (Å²) in [6.07, 6.45) is 7.32. The van der Waals surface area contributed by atoms with Crippen LogP contribution in [0, 0.1) is 0 Å². The molecule has 1 aliphatic carbocycles. The minimum atomic E-state index is 0.0813. The highest BCUT2D eigenvalue weighted by atomic mass is 16.1. The van der Waals surface area contributed by atoms with E-state index in [1.54, 1.807) is 0 Å². The molecule has 1 aromatic heterocycles. The molecule has 1 saturated carbocycles. The van der Waals surface area contributed by atoms with Gasteiger partial charge in [0.25, 0.3) is 0 Å². The predicted octanol–water partition coefficient (Wildman–Crippen LogP) is 1.59. The van der Waals surface area contributed by atoms with Gasteiger partial charge in [-0.25, -0.2) is 4.68 Å². The van der Waals surface area contributed by atoms with Gasteiger partial charge in [0.15, 0.2) is 5.82 Å². The molecule has 100 valence electrons. The lowest BCUT2D eigenvalue weighted by Gasteiger charge is -2.11. The van der Waals surface area contributed by atoms with E-state index in [1.165, 1.54) is 12.8 Å². The second-order valence-electron chi connectivity index (χ2n) is 4.86. The Bertz CT molecular complexity index is 384. The molecule has 0 aromatic carbocycles. The van der Waals surface area contributed by atoms with Crippen LogP contribution in [-0.4, -0.2) is 26.1 Å². The molecule has 1 aliphatic rings. The quantitative estimate of drug-likeness (QED) is 0.833. The number of unbranched alkanes of at least 4 members (excludes halogenated alkanes) is 1. The van der Waals surface area contributed by atoms with Gasteiger partial charge in [-0.3, -0.25) is 4.79 Å². The number of rotatable bonds is 6. The molecule has 0 unspecified atom stereocenters. The Kier molecular flexibility index (Phi) is 4.66. The highest BCUT2D eigenvalue weighted by molar-refractivity contribution is 5.75. The highest BCUT2D eigenvalue weighted by Gasteiger charge is 2.21. The molecule has 0 aliphatic heterocycles. The van der Waals surface area contributed by atoms with Crippen LogP contribution in [0.15, 0.2) is 0 Å². The summed E-state index contributed by atoms with van der Waals surface area (Å²) in [5, 5.41) is 14.6. The fourth-order valence-corrected chi connectivity index (χ4v) is 2.36. The molecule has 0 spiro atoms. The smallest absolute Gasteiger partial charge is 0.220 e. The molecular weight excluding hydrogens is 230 g/mol. The number of amides is 1. The predicted molar refractivity (Wildman–Crippen MR) is 66.7 cm³/mol. The molecule has 1 N–H and O–H groups in total. The molecule has 0 atom stereocenters. The Morgan fingerprint density at radius 1 is 1.44 bits per heavy atom. The maximum absolute atomic E-state index is 11.5. The Hall–Kier alpha value is -1.46. The lowest BCUT2D eigenvalue weighted by Crippen LogP contribution is -2.25. The van der Waals surface area contributed by atoms with Crippen molar-refractivity contribution in [2.45, 2.75) is 64.5 Å². The minimum Gasteiger partial charge on any atom is -0.349 e. The summed E-state index contributed by atoms with van der Waals surface area (Å²) in [4.78, 5) is 11.5. The summed E-state index contributed by atoms with van der Waals surface area (Å²) in [7, 11) is 0. The lowest BCUT2D eigenvalue weighted by atomic mass is 10.2. The molecule has 1 amide bonds. The molecule has 0 saturated heterocycles. The maximum atomic E-state index is 11.5. The van der Waals surface area contributed by atoms with Gasteiger partial charge in [-0.05, 0) is 29.7 Å². The monoisotopic (exact) mass is 251 g/mol.